The Morgan fingerprint density at radius 2 is 1.71 bits per heavy atom. The SMILES string of the molecule is CC(C)SC(C)[S]. The quantitative estimate of drug-likeness (QED) is 0.561. The number of hydrogen-bond donors (Lipinski definition) is 0. The van der Waals surface area contributed by atoms with Crippen LogP contribution in [0.5, 0.6) is 0 Å². The van der Waals surface area contributed by atoms with Gasteiger partial charge in [-0.05, 0) is 6.92 Å². The Morgan fingerprint density at radius 3 is 1.71 bits per heavy atom. The maximum Gasteiger partial charge on any atom is 0.0580 e. The highest BCUT2D eigenvalue weighted by Crippen LogP contribution is 2.18. The molecular formula is C5H11S2. The maximum atomic E-state index is 4.92. The summed E-state index contributed by atoms with van der Waals surface area (Å²) >= 11 is 6.74. The minimum Gasteiger partial charge on any atom is -0.144 e. The van der Waals surface area contributed by atoms with Gasteiger partial charge in [-0.2, -0.15) is 0 Å². The fourth-order valence-corrected chi connectivity index (χ4v) is 1.82. The summed E-state index contributed by atoms with van der Waals surface area (Å²) in [5.41, 5.74) is 0. The van der Waals surface area contributed by atoms with Gasteiger partial charge < -0.3 is 0 Å². The van der Waals surface area contributed by atoms with E-state index < -0.39 is 0 Å². The first kappa shape index (κ1) is 7.70. The van der Waals surface area contributed by atoms with E-state index >= 15 is 0 Å². The molecule has 0 aliphatic heterocycles. The minimum absolute atomic E-state index is 0.375. The van der Waals surface area contributed by atoms with Gasteiger partial charge in [-0.15, -0.1) is 11.8 Å². The Kier molecular flexibility index (Phi) is 4.04. The topological polar surface area (TPSA) is 0 Å². The Balaban J connectivity index is 2.95. The van der Waals surface area contributed by atoms with Gasteiger partial charge in [0.15, 0.2) is 0 Å². The Hall–Kier alpha value is 0.700. The molecule has 0 fully saturated rings. The van der Waals surface area contributed by atoms with E-state index in [0.29, 0.717) is 9.83 Å². The minimum atomic E-state index is 0.375. The predicted octanol–water partition coefficient (Wildman–Crippen LogP) is 2.67. The van der Waals surface area contributed by atoms with E-state index in [2.05, 4.69) is 13.8 Å². The lowest BCUT2D eigenvalue weighted by Gasteiger charge is -2.04. The molecule has 0 spiro atoms. The molecule has 0 nitrogen and oxygen atoms in total. The lowest BCUT2D eigenvalue weighted by atomic mass is 10.6. The van der Waals surface area contributed by atoms with Crippen molar-refractivity contribution in [3.63, 3.8) is 0 Å². The third kappa shape index (κ3) is 6.70. The smallest absolute Gasteiger partial charge is 0.0580 e. The number of hydrogen-bond acceptors (Lipinski definition) is 1. The van der Waals surface area contributed by atoms with Gasteiger partial charge in [-0.25, -0.2) is 0 Å². The summed E-state index contributed by atoms with van der Waals surface area (Å²) in [5.74, 6) is 0. The van der Waals surface area contributed by atoms with Crippen molar-refractivity contribution in [3.8, 4) is 0 Å². The van der Waals surface area contributed by atoms with Crippen LogP contribution in [0.4, 0.5) is 0 Å². The standard InChI is InChI=1S/C5H11S2/c1-4(2)7-5(3)6/h4-5H,1-3H3. The molecular weight excluding hydrogens is 124 g/mol. The molecule has 0 rings (SSSR count). The van der Waals surface area contributed by atoms with Gasteiger partial charge >= 0.3 is 0 Å². The molecule has 0 heterocycles. The van der Waals surface area contributed by atoms with Crippen LogP contribution in [0, 0.1) is 0 Å². The first-order valence-corrected chi connectivity index (χ1v) is 3.85. The first-order valence-electron chi connectivity index (χ1n) is 2.44. The van der Waals surface area contributed by atoms with Gasteiger partial charge in [0.1, 0.15) is 0 Å². The molecule has 0 amide bonds. The van der Waals surface area contributed by atoms with E-state index in [-0.39, 0.29) is 0 Å². The van der Waals surface area contributed by atoms with E-state index in [1.807, 2.05) is 18.7 Å². The van der Waals surface area contributed by atoms with Crippen molar-refractivity contribution in [2.45, 2.75) is 30.6 Å². The fourth-order valence-electron chi connectivity index (χ4n) is 0.383. The largest absolute Gasteiger partial charge is 0.144 e. The monoisotopic (exact) mass is 135 g/mol. The number of thioether (sulfide) groups is 1. The average Bonchev–Trinajstić information content (AvgIpc) is 1.27. The molecule has 0 bridgehead atoms. The zero-order chi connectivity index (χ0) is 5.86. The van der Waals surface area contributed by atoms with Gasteiger partial charge in [-0.3, -0.25) is 0 Å². The van der Waals surface area contributed by atoms with Gasteiger partial charge in [0.25, 0.3) is 0 Å². The lowest BCUT2D eigenvalue weighted by molar-refractivity contribution is 1.11. The second-order valence-corrected chi connectivity index (χ2v) is 4.68. The van der Waals surface area contributed by atoms with Crippen LogP contribution in [0.3, 0.4) is 0 Å². The molecule has 0 saturated carbocycles. The highest BCUT2D eigenvalue weighted by atomic mass is 32.2. The summed E-state index contributed by atoms with van der Waals surface area (Å²) in [7, 11) is 0. The Bertz CT molecular complexity index is 35.3. The van der Waals surface area contributed by atoms with Crippen LogP contribution in [-0.2, 0) is 0 Å². The Morgan fingerprint density at radius 1 is 1.29 bits per heavy atom. The highest BCUT2D eigenvalue weighted by molar-refractivity contribution is 8.10. The molecule has 0 N–H and O–H groups in total. The maximum absolute atomic E-state index is 4.92. The summed E-state index contributed by atoms with van der Waals surface area (Å²) in [6.45, 7) is 6.36. The number of rotatable bonds is 2. The molecule has 2 heteroatoms. The van der Waals surface area contributed by atoms with Crippen molar-refractivity contribution in [2.24, 2.45) is 0 Å². The van der Waals surface area contributed by atoms with E-state index in [1.54, 1.807) is 0 Å². The summed E-state index contributed by atoms with van der Waals surface area (Å²) < 4.78 is 0.375. The third-order valence-corrected chi connectivity index (χ3v) is 1.72. The summed E-state index contributed by atoms with van der Waals surface area (Å²) in [6.07, 6.45) is 0. The van der Waals surface area contributed by atoms with Gasteiger partial charge in [0.05, 0.1) is 4.58 Å². The van der Waals surface area contributed by atoms with E-state index in [1.165, 1.54) is 0 Å². The first-order chi connectivity index (χ1) is 3.13. The summed E-state index contributed by atoms with van der Waals surface area (Å²) in [4.78, 5) is 0. The van der Waals surface area contributed by atoms with E-state index in [0.717, 1.165) is 0 Å². The average molecular weight is 135 g/mol. The zero-order valence-corrected chi connectivity index (χ0v) is 6.60. The third-order valence-electron chi connectivity index (χ3n) is 0.464. The molecule has 1 atom stereocenters. The van der Waals surface area contributed by atoms with Crippen molar-refractivity contribution in [1.82, 2.24) is 0 Å². The van der Waals surface area contributed by atoms with Gasteiger partial charge in [0.2, 0.25) is 0 Å². The van der Waals surface area contributed by atoms with Crippen molar-refractivity contribution in [2.75, 3.05) is 0 Å². The molecule has 43 valence electrons. The van der Waals surface area contributed by atoms with Gasteiger partial charge in [-0.1, -0.05) is 26.5 Å². The second-order valence-electron chi connectivity index (χ2n) is 1.75. The summed E-state index contributed by atoms with van der Waals surface area (Å²) in [6, 6.07) is 0. The molecule has 1 unspecified atom stereocenters. The van der Waals surface area contributed by atoms with Crippen LogP contribution in [0.1, 0.15) is 20.8 Å². The summed E-state index contributed by atoms with van der Waals surface area (Å²) in [5, 5.41) is 0.688. The molecule has 0 aromatic carbocycles. The van der Waals surface area contributed by atoms with Crippen molar-refractivity contribution >= 4 is 24.4 Å². The van der Waals surface area contributed by atoms with Crippen LogP contribution in [-0.4, -0.2) is 9.83 Å². The van der Waals surface area contributed by atoms with E-state index in [9.17, 15) is 0 Å². The molecule has 7 heavy (non-hydrogen) atoms. The van der Waals surface area contributed by atoms with Crippen LogP contribution in [0.25, 0.3) is 0 Å². The lowest BCUT2D eigenvalue weighted by Crippen LogP contribution is -1.91. The van der Waals surface area contributed by atoms with Crippen LogP contribution in [0.15, 0.2) is 0 Å². The highest BCUT2D eigenvalue weighted by Gasteiger charge is 1.97. The molecule has 0 saturated heterocycles. The molecule has 0 aliphatic carbocycles. The van der Waals surface area contributed by atoms with Crippen LogP contribution in [0.2, 0.25) is 0 Å². The fraction of sp³-hybridized carbons (Fsp3) is 1.00. The van der Waals surface area contributed by atoms with E-state index in [4.69, 9.17) is 12.6 Å². The van der Waals surface area contributed by atoms with Crippen molar-refractivity contribution in [3.05, 3.63) is 0 Å². The van der Waals surface area contributed by atoms with Crippen molar-refractivity contribution in [1.29, 1.82) is 0 Å². The van der Waals surface area contributed by atoms with Crippen LogP contribution >= 0.6 is 24.4 Å². The van der Waals surface area contributed by atoms with Crippen molar-refractivity contribution < 1.29 is 0 Å². The predicted molar refractivity (Wildman–Crippen MR) is 39.8 cm³/mol. The molecule has 1 radical (unpaired) electrons. The molecule has 0 aromatic heterocycles. The normalized spacial score (nSPS) is 15.0. The molecule has 0 aliphatic rings. The van der Waals surface area contributed by atoms with Gasteiger partial charge in [0, 0.05) is 5.25 Å². The second kappa shape index (κ2) is 3.67. The zero-order valence-electron chi connectivity index (χ0n) is 4.97. The van der Waals surface area contributed by atoms with Crippen LogP contribution < -0.4 is 0 Å². The molecule has 0 aromatic rings. The Labute approximate surface area is 55.5 Å².